The molecule has 3 atom stereocenters. The zero-order valence-electron chi connectivity index (χ0n) is 23.0. The lowest BCUT2D eigenvalue weighted by molar-refractivity contribution is -0.138. The van der Waals surface area contributed by atoms with Gasteiger partial charge in [-0.2, -0.15) is 0 Å². The monoisotopic (exact) mass is 673 g/mol. The second-order valence-electron chi connectivity index (χ2n) is 10.2. The maximum Gasteiger partial charge on any atom is 0.247 e. The molecule has 0 fully saturated rings. The first-order valence-corrected chi connectivity index (χ1v) is 14.9. The van der Waals surface area contributed by atoms with Crippen molar-refractivity contribution in [3.8, 4) is 5.75 Å². The van der Waals surface area contributed by atoms with Crippen molar-refractivity contribution in [1.82, 2.24) is 15.2 Å². The van der Waals surface area contributed by atoms with Gasteiger partial charge in [0.2, 0.25) is 11.8 Å². The largest absolute Gasteiger partial charge is 0.482 e. The number of nitrogens with one attached hydrogen (secondary N) is 2. The van der Waals surface area contributed by atoms with E-state index in [9.17, 15) is 24.6 Å². The first-order valence-electron chi connectivity index (χ1n) is 13.8. The normalized spacial score (nSPS) is 18.5. The molecule has 1 aromatic heterocycles. The third kappa shape index (κ3) is 8.17. The van der Waals surface area contributed by atoms with Crippen LogP contribution in [-0.4, -0.2) is 75.6 Å². The van der Waals surface area contributed by atoms with Crippen LogP contribution in [0.25, 0.3) is 10.9 Å². The highest BCUT2D eigenvalue weighted by Crippen LogP contribution is 2.30. The van der Waals surface area contributed by atoms with Crippen LogP contribution < -0.4 is 10.1 Å². The number of H-pyrrole nitrogens is 1. The number of Topliss-reactive ketones (excluding diaryl/α,β-unsaturated/α-hetero) is 1. The van der Waals surface area contributed by atoms with E-state index >= 15 is 0 Å². The van der Waals surface area contributed by atoms with Crippen LogP contribution in [0.2, 0.25) is 0 Å². The Kier molecular flexibility index (Phi) is 10.9. The lowest BCUT2D eigenvalue weighted by atomic mass is 9.87. The van der Waals surface area contributed by atoms with Crippen LogP contribution in [0, 0.1) is 3.57 Å². The minimum Gasteiger partial charge on any atom is -0.482 e. The Hall–Kier alpha value is -3.22. The summed E-state index contributed by atoms with van der Waals surface area (Å²) in [6.45, 7) is 1.67. The number of aromatic amines is 1. The van der Waals surface area contributed by atoms with E-state index in [0.29, 0.717) is 37.1 Å². The second kappa shape index (κ2) is 14.6. The number of hydrogen-bond acceptors (Lipinski definition) is 6. The van der Waals surface area contributed by atoms with Crippen molar-refractivity contribution < 1.29 is 29.3 Å². The lowest BCUT2D eigenvalue weighted by Crippen LogP contribution is -2.55. The quantitative estimate of drug-likeness (QED) is 0.206. The van der Waals surface area contributed by atoms with Gasteiger partial charge in [-0.3, -0.25) is 9.59 Å². The molecule has 0 saturated carbocycles. The minimum absolute atomic E-state index is 0.0110. The van der Waals surface area contributed by atoms with E-state index in [-0.39, 0.29) is 43.6 Å². The van der Waals surface area contributed by atoms with Gasteiger partial charge >= 0.3 is 0 Å². The number of fused-ring (bicyclic) bond motifs is 1. The van der Waals surface area contributed by atoms with E-state index in [0.717, 1.165) is 20.2 Å². The molecule has 218 valence electrons. The third-order valence-corrected chi connectivity index (χ3v) is 8.05. The molecule has 0 radical (unpaired) electrons. The Morgan fingerprint density at radius 2 is 1.88 bits per heavy atom. The molecule has 0 unspecified atom stereocenters. The fourth-order valence-electron chi connectivity index (χ4n) is 5.08. The van der Waals surface area contributed by atoms with E-state index in [1.807, 2.05) is 48.5 Å². The number of rotatable bonds is 13. The number of carbonyl (C=O) groups is 3. The van der Waals surface area contributed by atoms with Crippen LogP contribution in [0.1, 0.15) is 38.3 Å². The molecule has 0 saturated heterocycles. The van der Waals surface area contributed by atoms with Gasteiger partial charge in [-0.15, -0.1) is 0 Å². The average Bonchev–Trinajstić information content (AvgIpc) is 3.37. The maximum atomic E-state index is 13.6. The van der Waals surface area contributed by atoms with Gasteiger partial charge in [0.15, 0.2) is 0 Å². The summed E-state index contributed by atoms with van der Waals surface area (Å²) in [6.07, 6.45) is 1.08. The molecule has 1 aliphatic rings. The number of para-hydroxylation sites is 2. The number of aliphatic hydroxyl groups is 2. The molecule has 9 nitrogen and oxygen atoms in total. The molecule has 3 aromatic rings. The highest BCUT2D eigenvalue weighted by atomic mass is 127. The Morgan fingerprint density at radius 3 is 2.61 bits per heavy atom. The average molecular weight is 674 g/mol. The summed E-state index contributed by atoms with van der Waals surface area (Å²) in [5.74, 6) is -0.0122. The Labute approximate surface area is 253 Å². The van der Waals surface area contributed by atoms with Crippen LogP contribution in [-0.2, 0) is 20.8 Å². The number of hydrogen-bond donors (Lipinski definition) is 4. The van der Waals surface area contributed by atoms with Gasteiger partial charge < -0.3 is 34.9 Å². The number of halogens is 1. The number of aliphatic hydroxyl groups excluding tert-OH is 2. The highest BCUT2D eigenvalue weighted by molar-refractivity contribution is 14.1. The van der Waals surface area contributed by atoms with E-state index in [1.165, 1.54) is 6.92 Å². The Bertz CT molecular complexity index is 1370. The second-order valence-corrected chi connectivity index (χ2v) is 11.4. The van der Waals surface area contributed by atoms with Gasteiger partial charge in [0, 0.05) is 55.6 Å². The molecule has 0 aliphatic heterocycles. The van der Waals surface area contributed by atoms with E-state index in [2.05, 4.69) is 32.9 Å². The van der Waals surface area contributed by atoms with Gasteiger partial charge in [-0.05, 0) is 71.7 Å². The van der Waals surface area contributed by atoms with Gasteiger partial charge in [-0.25, -0.2) is 0 Å². The number of ether oxygens (including phenoxy) is 1. The van der Waals surface area contributed by atoms with E-state index in [1.54, 1.807) is 17.0 Å². The van der Waals surface area contributed by atoms with Crippen LogP contribution in [0.5, 0.6) is 5.75 Å². The number of aromatic nitrogens is 1. The predicted molar refractivity (Wildman–Crippen MR) is 164 cm³/mol. The standard InChI is InChI=1S/C31H36IN3O6/c1-20(37)7-6-12-29(38)35(15-13-23-17-21-8-2-4-10-25(21)34-23)26-18-22(31(40)33-14-16-36)19-28(30(26)39)41-27-11-5-3-9-24(27)32/h2-5,8-11,17,19,26,28,30,34,36,39H,6-7,12-16,18H2,1H3,(H,33,40)/t26-,28+,30+/m1/s1. The number of benzene rings is 2. The number of ketones is 1. The number of amides is 2. The van der Waals surface area contributed by atoms with Crippen molar-refractivity contribution in [3.05, 3.63) is 75.5 Å². The number of nitrogens with zero attached hydrogens (tertiary/aromatic N) is 1. The predicted octanol–water partition coefficient (Wildman–Crippen LogP) is 3.52. The van der Waals surface area contributed by atoms with Crippen molar-refractivity contribution in [2.75, 3.05) is 19.7 Å². The third-order valence-electron chi connectivity index (χ3n) is 7.16. The fraction of sp³-hybridized carbons (Fsp3) is 0.387. The molecular weight excluding hydrogens is 637 g/mol. The molecule has 0 bridgehead atoms. The van der Waals surface area contributed by atoms with E-state index in [4.69, 9.17) is 4.74 Å². The van der Waals surface area contributed by atoms with Crippen molar-refractivity contribution in [1.29, 1.82) is 0 Å². The summed E-state index contributed by atoms with van der Waals surface area (Å²) < 4.78 is 7.05. The van der Waals surface area contributed by atoms with Crippen molar-refractivity contribution in [2.45, 2.75) is 57.3 Å². The summed E-state index contributed by atoms with van der Waals surface area (Å²) in [6, 6.07) is 16.6. The van der Waals surface area contributed by atoms with Crippen molar-refractivity contribution in [3.63, 3.8) is 0 Å². The minimum atomic E-state index is -1.11. The fourth-order valence-corrected chi connectivity index (χ4v) is 5.60. The molecule has 1 aliphatic carbocycles. The van der Waals surface area contributed by atoms with Gasteiger partial charge in [0.05, 0.1) is 16.2 Å². The van der Waals surface area contributed by atoms with Crippen LogP contribution in [0.15, 0.2) is 66.2 Å². The molecule has 4 N–H and O–H groups in total. The lowest BCUT2D eigenvalue weighted by Gasteiger charge is -2.40. The zero-order chi connectivity index (χ0) is 29.4. The maximum absolute atomic E-state index is 13.6. The number of carbonyl (C=O) groups excluding carboxylic acids is 3. The summed E-state index contributed by atoms with van der Waals surface area (Å²) >= 11 is 2.15. The first-order chi connectivity index (χ1) is 19.8. The summed E-state index contributed by atoms with van der Waals surface area (Å²) in [7, 11) is 0. The zero-order valence-corrected chi connectivity index (χ0v) is 25.2. The first kappa shape index (κ1) is 30.7. The molecular formula is C31H36IN3O6. The van der Waals surface area contributed by atoms with Gasteiger partial charge in [0.25, 0.3) is 0 Å². The highest BCUT2D eigenvalue weighted by Gasteiger charge is 2.40. The molecule has 10 heteroatoms. The van der Waals surface area contributed by atoms with Crippen molar-refractivity contribution in [2.24, 2.45) is 0 Å². The van der Waals surface area contributed by atoms with Crippen LogP contribution in [0.3, 0.4) is 0 Å². The van der Waals surface area contributed by atoms with Gasteiger partial charge in [0.1, 0.15) is 23.7 Å². The van der Waals surface area contributed by atoms with E-state index < -0.39 is 18.2 Å². The topological polar surface area (TPSA) is 132 Å². The molecule has 4 rings (SSSR count). The Morgan fingerprint density at radius 1 is 1.12 bits per heavy atom. The van der Waals surface area contributed by atoms with Gasteiger partial charge in [-0.1, -0.05) is 30.3 Å². The molecule has 2 amide bonds. The van der Waals surface area contributed by atoms with Crippen molar-refractivity contribution >= 4 is 51.1 Å². The molecule has 2 aromatic carbocycles. The molecule has 1 heterocycles. The summed E-state index contributed by atoms with van der Waals surface area (Å²) in [5.41, 5.74) is 2.31. The summed E-state index contributed by atoms with van der Waals surface area (Å²) in [4.78, 5) is 43.2. The SMILES string of the molecule is CC(=O)CCCC(=O)N(CCc1cc2ccccc2[nH]1)[C@@H]1CC(C(=O)NCCO)=C[C@H](Oc2ccccc2I)[C@H]1O. The summed E-state index contributed by atoms with van der Waals surface area (Å²) in [5, 5.41) is 24.6. The smallest absolute Gasteiger partial charge is 0.247 e. The Balaban J connectivity index is 1.62. The molecule has 0 spiro atoms. The molecule has 41 heavy (non-hydrogen) atoms. The van der Waals surface area contributed by atoms with Crippen LogP contribution >= 0.6 is 22.6 Å². The van der Waals surface area contributed by atoms with Crippen LogP contribution in [0.4, 0.5) is 0 Å².